The van der Waals surface area contributed by atoms with Crippen molar-refractivity contribution in [2.45, 2.75) is 0 Å². The minimum absolute atomic E-state index is 0.0601. The van der Waals surface area contributed by atoms with Crippen molar-refractivity contribution in [3.63, 3.8) is 0 Å². The van der Waals surface area contributed by atoms with Crippen LogP contribution in [-0.4, -0.2) is 17.4 Å². The van der Waals surface area contributed by atoms with Gasteiger partial charge in [-0.1, -0.05) is 6.07 Å². The van der Waals surface area contributed by atoms with E-state index in [1.165, 1.54) is 25.3 Å². The van der Waals surface area contributed by atoms with Crippen molar-refractivity contribution in [1.82, 2.24) is 5.34 Å². The standard InChI is InChI=1S/C7H6N3O7P/c1-14-7-5(3-2-4-6(7)9(11)12)8-10-16-18(13,15-8)17-10/h2-4H,1H3. The highest BCUT2D eigenvalue weighted by molar-refractivity contribution is 7.49. The van der Waals surface area contributed by atoms with Crippen molar-refractivity contribution < 1.29 is 28.1 Å². The molecule has 18 heavy (non-hydrogen) atoms. The van der Waals surface area contributed by atoms with Gasteiger partial charge >= 0.3 is 13.5 Å². The number of nitro benzene ring substituents is 1. The Morgan fingerprint density at radius 1 is 1.39 bits per heavy atom. The molecule has 3 heterocycles. The maximum absolute atomic E-state index is 11.4. The quantitative estimate of drug-likeness (QED) is 0.461. The molecule has 0 saturated carbocycles. The molecule has 0 spiro atoms. The Bertz CT molecular complexity index is 568. The molecule has 10 nitrogen and oxygen atoms in total. The number of benzene rings is 1. The van der Waals surface area contributed by atoms with Gasteiger partial charge in [-0.3, -0.25) is 10.1 Å². The van der Waals surface area contributed by atoms with Gasteiger partial charge in [0.1, 0.15) is 5.69 Å². The topological polar surface area (TPSA) is 104 Å². The second-order valence-corrected chi connectivity index (χ2v) is 4.67. The Labute approximate surface area is 99.8 Å². The van der Waals surface area contributed by atoms with E-state index >= 15 is 0 Å². The molecular weight excluding hydrogens is 269 g/mol. The molecule has 96 valence electrons. The van der Waals surface area contributed by atoms with Gasteiger partial charge in [-0.05, 0) is 6.07 Å². The molecule has 11 heteroatoms. The third-order valence-corrected chi connectivity index (χ3v) is 3.28. The highest BCUT2D eigenvalue weighted by atomic mass is 31.2. The molecule has 2 bridgehead atoms. The summed E-state index contributed by atoms with van der Waals surface area (Å²) in [5.74, 6) is -0.0601. The summed E-state index contributed by atoms with van der Waals surface area (Å²) in [7, 11) is -2.29. The van der Waals surface area contributed by atoms with Crippen LogP contribution in [0.3, 0.4) is 0 Å². The molecule has 3 aliphatic rings. The number of nitro groups is 1. The second-order valence-electron chi connectivity index (χ2n) is 3.29. The van der Waals surface area contributed by atoms with Gasteiger partial charge in [-0.15, -0.1) is 19.0 Å². The molecule has 3 fully saturated rings. The van der Waals surface area contributed by atoms with Crippen LogP contribution in [0.25, 0.3) is 0 Å². The minimum atomic E-state index is -3.56. The fourth-order valence-corrected chi connectivity index (χ4v) is 2.43. The molecule has 1 aromatic carbocycles. The number of ether oxygens (including phenoxy) is 1. The van der Waals surface area contributed by atoms with Crippen molar-refractivity contribution in [2.24, 2.45) is 0 Å². The van der Waals surface area contributed by atoms with Crippen LogP contribution in [0, 0.1) is 10.1 Å². The monoisotopic (exact) mass is 275 g/mol. The van der Waals surface area contributed by atoms with Crippen molar-refractivity contribution in [1.29, 1.82) is 0 Å². The fraction of sp³-hybridized carbons (Fsp3) is 0.143. The lowest BCUT2D eigenvalue weighted by Gasteiger charge is -2.22. The Hall–Kier alpha value is -1.71. The summed E-state index contributed by atoms with van der Waals surface area (Å²) in [6, 6.07) is 4.15. The zero-order valence-corrected chi connectivity index (χ0v) is 9.77. The van der Waals surface area contributed by atoms with Crippen LogP contribution in [0.1, 0.15) is 0 Å². The number of hydrogen-bond donors (Lipinski definition) is 0. The zero-order valence-electron chi connectivity index (χ0n) is 8.88. The summed E-state index contributed by atoms with van der Waals surface area (Å²) in [5, 5.41) is 12.4. The molecule has 3 saturated heterocycles. The number of nitrogens with zero attached hydrogens (tertiary/aromatic N) is 3. The lowest BCUT2D eigenvalue weighted by molar-refractivity contribution is -0.385. The summed E-state index contributed by atoms with van der Waals surface area (Å²) in [6.07, 6.45) is 0. The van der Waals surface area contributed by atoms with Crippen LogP contribution in [-0.2, 0) is 18.4 Å². The molecule has 4 rings (SSSR count). The SMILES string of the molecule is COc1c(N2OP3(=O)ON2O3)cccc1[N+](=O)[O-]. The first-order valence-electron chi connectivity index (χ1n) is 4.65. The Balaban J connectivity index is 2.05. The van der Waals surface area contributed by atoms with Gasteiger partial charge in [0.25, 0.3) is 0 Å². The van der Waals surface area contributed by atoms with E-state index < -0.39 is 12.7 Å². The maximum atomic E-state index is 11.4. The fourth-order valence-electron chi connectivity index (χ4n) is 1.55. The average Bonchev–Trinajstić information content (AvgIpc) is 2.80. The third-order valence-electron chi connectivity index (χ3n) is 2.25. The highest BCUT2D eigenvalue weighted by Gasteiger charge is 2.60. The van der Waals surface area contributed by atoms with Crippen LogP contribution in [0.2, 0.25) is 0 Å². The largest absolute Gasteiger partial charge is 0.538 e. The van der Waals surface area contributed by atoms with E-state index in [-0.39, 0.29) is 17.1 Å². The van der Waals surface area contributed by atoms with Crippen molar-refractivity contribution in [3.8, 4) is 5.75 Å². The number of methoxy groups -OCH3 is 1. The summed E-state index contributed by atoms with van der Waals surface area (Å²) in [5.41, 5.74) is -0.121. The van der Waals surface area contributed by atoms with Crippen LogP contribution in [0.4, 0.5) is 11.4 Å². The van der Waals surface area contributed by atoms with E-state index in [0.29, 0.717) is 5.34 Å². The predicted molar refractivity (Wildman–Crippen MR) is 54.8 cm³/mol. The van der Waals surface area contributed by atoms with Gasteiger partial charge in [-0.25, -0.2) is 4.57 Å². The number of anilines is 1. The van der Waals surface area contributed by atoms with Gasteiger partial charge in [-0.2, -0.15) is 0 Å². The van der Waals surface area contributed by atoms with Gasteiger partial charge in [0.2, 0.25) is 5.75 Å². The lowest BCUT2D eigenvalue weighted by atomic mass is 10.2. The first kappa shape index (κ1) is 11.4. The number of fused-ring (bicyclic) bond motifs is 1. The molecule has 0 amide bonds. The molecule has 0 unspecified atom stereocenters. The number of hydrazine groups is 1. The number of rotatable bonds is 3. The average molecular weight is 275 g/mol. The predicted octanol–water partition coefficient (Wildman–Crippen LogP) is 1.56. The Morgan fingerprint density at radius 2 is 2.11 bits per heavy atom. The van der Waals surface area contributed by atoms with E-state index in [0.717, 1.165) is 5.17 Å². The van der Waals surface area contributed by atoms with Crippen LogP contribution >= 0.6 is 7.82 Å². The minimum Gasteiger partial charge on any atom is -0.489 e. The maximum Gasteiger partial charge on any atom is 0.538 e. The van der Waals surface area contributed by atoms with Gasteiger partial charge in [0, 0.05) is 6.07 Å². The molecular formula is C7H6N3O7P. The van der Waals surface area contributed by atoms with E-state index in [9.17, 15) is 14.7 Å². The molecule has 0 atom stereocenters. The smallest absolute Gasteiger partial charge is 0.489 e. The first-order chi connectivity index (χ1) is 8.54. The van der Waals surface area contributed by atoms with Crippen LogP contribution in [0.15, 0.2) is 18.2 Å². The second kappa shape index (κ2) is 3.64. The summed E-state index contributed by atoms with van der Waals surface area (Å²) in [4.78, 5) is 10.2. The number of para-hydroxylation sites is 1. The number of phosphoric acid groups is 1. The van der Waals surface area contributed by atoms with Gasteiger partial charge < -0.3 is 4.74 Å². The molecule has 0 aliphatic carbocycles. The molecule has 0 radical (unpaired) electrons. The molecule has 3 aliphatic heterocycles. The summed E-state index contributed by atoms with van der Waals surface area (Å²) < 4.78 is 30.5. The van der Waals surface area contributed by atoms with Gasteiger partial charge in [0.05, 0.1) is 17.4 Å². The summed E-state index contributed by atoms with van der Waals surface area (Å²) in [6.45, 7) is 0. The van der Waals surface area contributed by atoms with Gasteiger partial charge in [0.15, 0.2) is 0 Å². The zero-order chi connectivity index (χ0) is 12.9. The third kappa shape index (κ3) is 1.48. The normalized spacial score (nSPS) is 28.9. The number of hydrogen-bond acceptors (Lipinski definition) is 9. The highest BCUT2D eigenvalue weighted by Crippen LogP contribution is 2.68. The Morgan fingerprint density at radius 3 is 2.61 bits per heavy atom. The molecule has 0 N–H and O–H groups in total. The lowest BCUT2D eigenvalue weighted by Crippen LogP contribution is -2.34. The van der Waals surface area contributed by atoms with Crippen molar-refractivity contribution in [3.05, 3.63) is 28.3 Å². The van der Waals surface area contributed by atoms with E-state index in [2.05, 4.69) is 9.25 Å². The van der Waals surface area contributed by atoms with E-state index in [4.69, 9.17) is 9.36 Å². The van der Waals surface area contributed by atoms with Crippen LogP contribution < -0.4 is 9.91 Å². The summed E-state index contributed by atoms with van der Waals surface area (Å²) >= 11 is 0. The molecule has 1 aromatic rings. The molecule has 0 aromatic heterocycles. The van der Waals surface area contributed by atoms with Crippen molar-refractivity contribution in [2.75, 3.05) is 12.3 Å². The van der Waals surface area contributed by atoms with Crippen LogP contribution in [0.5, 0.6) is 5.75 Å². The van der Waals surface area contributed by atoms with E-state index in [1.807, 2.05) is 0 Å². The Kier molecular flexibility index (Phi) is 2.30. The van der Waals surface area contributed by atoms with Crippen molar-refractivity contribution >= 4 is 19.2 Å². The first-order valence-corrected chi connectivity index (χ1v) is 6.11. The van der Waals surface area contributed by atoms with E-state index in [1.54, 1.807) is 0 Å².